The van der Waals surface area contributed by atoms with Crippen molar-refractivity contribution in [1.29, 1.82) is 0 Å². The number of carbonyl (C=O) groups excluding carboxylic acids is 1. The van der Waals surface area contributed by atoms with Crippen molar-refractivity contribution in [2.45, 2.75) is 31.6 Å². The summed E-state index contributed by atoms with van der Waals surface area (Å²) in [6.45, 7) is 1.85. The van der Waals surface area contributed by atoms with Gasteiger partial charge in [0.1, 0.15) is 11.6 Å². The molecule has 0 saturated heterocycles. The van der Waals surface area contributed by atoms with Crippen LogP contribution < -0.4 is 0 Å². The van der Waals surface area contributed by atoms with Crippen molar-refractivity contribution >= 4 is 5.78 Å². The van der Waals surface area contributed by atoms with Crippen molar-refractivity contribution in [1.82, 2.24) is 0 Å². The smallest absolute Gasteiger partial charge is 0.147 e. The number of hydrogen-bond donors (Lipinski definition) is 0. The molecule has 2 aromatic carbocycles. The third kappa shape index (κ3) is 2.26. The number of hydrogen-bond acceptors (Lipinski definition) is 1. The Morgan fingerprint density at radius 3 is 2.45 bits per heavy atom. The van der Waals surface area contributed by atoms with Crippen molar-refractivity contribution in [3.8, 4) is 0 Å². The van der Waals surface area contributed by atoms with Gasteiger partial charge in [-0.1, -0.05) is 36.4 Å². The highest BCUT2D eigenvalue weighted by molar-refractivity contribution is 5.94. The molecule has 1 fully saturated rings. The summed E-state index contributed by atoms with van der Waals surface area (Å²) < 4.78 is 13.1. The van der Waals surface area contributed by atoms with Crippen LogP contribution in [0.2, 0.25) is 0 Å². The van der Waals surface area contributed by atoms with E-state index in [4.69, 9.17) is 0 Å². The van der Waals surface area contributed by atoms with Gasteiger partial charge in [-0.05, 0) is 48.6 Å². The quantitative estimate of drug-likeness (QED) is 0.819. The first-order chi connectivity index (χ1) is 9.62. The highest BCUT2D eigenvalue weighted by Crippen LogP contribution is 2.49. The summed E-state index contributed by atoms with van der Waals surface area (Å²) >= 11 is 0. The lowest BCUT2D eigenvalue weighted by molar-refractivity contribution is -0.120. The molecule has 1 nitrogen and oxygen atoms in total. The Kier molecular flexibility index (Phi) is 3.17. The molecule has 1 aliphatic carbocycles. The fourth-order valence-corrected chi connectivity index (χ4v) is 2.81. The zero-order valence-electron chi connectivity index (χ0n) is 11.5. The van der Waals surface area contributed by atoms with Crippen LogP contribution in [0, 0.1) is 12.7 Å². The Morgan fingerprint density at radius 1 is 1.15 bits per heavy atom. The van der Waals surface area contributed by atoms with Crippen molar-refractivity contribution in [2.24, 2.45) is 0 Å². The summed E-state index contributed by atoms with van der Waals surface area (Å²) in [5, 5.41) is 0. The molecule has 0 atom stereocenters. The van der Waals surface area contributed by atoms with Gasteiger partial charge >= 0.3 is 0 Å². The predicted octanol–water partition coefficient (Wildman–Crippen LogP) is 3.98. The van der Waals surface area contributed by atoms with Crippen LogP contribution in [0.5, 0.6) is 0 Å². The van der Waals surface area contributed by atoms with Gasteiger partial charge in [0.05, 0.1) is 5.41 Å². The molecule has 3 rings (SSSR count). The van der Waals surface area contributed by atoms with Gasteiger partial charge < -0.3 is 0 Å². The minimum atomic E-state index is -0.290. The lowest BCUT2D eigenvalue weighted by atomic mass is 9.87. The Bertz CT molecular complexity index is 642. The number of ketones is 1. The average molecular weight is 268 g/mol. The van der Waals surface area contributed by atoms with Crippen LogP contribution in [0.3, 0.4) is 0 Å². The lowest BCUT2D eigenvalue weighted by Gasteiger charge is -2.15. The molecule has 1 aliphatic rings. The Labute approximate surface area is 118 Å². The zero-order valence-corrected chi connectivity index (χ0v) is 11.5. The molecule has 20 heavy (non-hydrogen) atoms. The maximum Gasteiger partial charge on any atom is 0.147 e. The third-order valence-electron chi connectivity index (χ3n) is 4.27. The van der Waals surface area contributed by atoms with Crippen LogP contribution in [0.1, 0.15) is 29.5 Å². The van der Waals surface area contributed by atoms with Gasteiger partial charge in [-0.15, -0.1) is 0 Å². The second-order valence-corrected chi connectivity index (χ2v) is 5.62. The summed E-state index contributed by atoms with van der Waals surface area (Å²) in [4.78, 5) is 12.6. The molecule has 102 valence electrons. The molecule has 0 heterocycles. The largest absolute Gasteiger partial charge is 0.298 e. The van der Waals surface area contributed by atoms with E-state index in [-0.39, 0.29) is 17.0 Å². The van der Waals surface area contributed by atoms with Crippen LogP contribution in [-0.2, 0) is 16.6 Å². The van der Waals surface area contributed by atoms with Crippen LogP contribution in [-0.4, -0.2) is 5.78 Å². The molecular weight excluding hydrogens is 251 g/mol. The topological polar surface area (TPSA) is 17.1 Å². The molecule has 1 saturated carbocycles. The second kappa shape index (κ2) is 4.86. The van der Waals surface area contributed by atoms with Gasteiger partial charge in [0.2, 0.25) is 0 Å². The first kappa shape index (κ1) is 13.0. The van der Waals surface area contributed by atoms with Gasteiger partial charge in [-0.25, -0.2) is 4.39 Å². The number of halogens is 1. The highest BCUT2D eigenvalue weighted by Gasteiger charge is 2.50. The van der Waals surface area contributed by atoms with Crippen LogP contribution in [0.25, 0.3) is 0 Å². The third-order valence-corrected chi connectivity index (χ3v) is 4.27. The summed E-state index contributed by atoms with van der Waals surface area (Å²) in [6.07, 6.45) is 2.24. The van der Waals surface area contributed by atoms with Crippen molar-refractivity contribution in [3.05, 3.63) is 71.0 Å². The normalized spacial score (nSPS) is 15.9. The van der Waals surface area contributed by atoms with E-state index < -0.39 is 0 Å². The van der Waals surface area contributed by atoms with Crippen LogP contribution in [0.4, 0.5) is 4.39 Å². The van der Waals surface area contributed by atoms with Gasteiger partial charge in [-0.2, -0.15) is 0 Å². The monoisotopic (exact) mass is 268 g/mol. The molecule has 0 radical (unpaired) electrons. The zero-order chi connectivity index (χ0) is 14.2. The van der Waals surface area contributed by atoms with E-state index in [1.165, 1.54) is 12.1 Å². The first-order valence-corrected chi connectivity index (χ1v) is 6.96. The Hall–Kier alpha value is -1.96. The molecule has 0 amide bonds. The number of carbonyl (C=O) groups is 1. The van der Waals surface area contributed by atoms with Crippen LogP contribution >= 0.6 is 0 Å². The summed E-state index contributed by atoms with van der Waals surface area (Å²) in [7, 11) is 0. The van der Waals surface area contributed by atoms with E-state index in [0.717, 1.165) is 29.5 Å². The summed E-state index contributed by atoms with van der Waals surface area (Å²) in [6, 6.07) is 14.6. The minimum absolute atomic E-state index is 0.247. The number of benzene rings is 2. The lowest BCUT2D eigenvalue weighted by Crippen LogP contribution is -2.22. The van der Waals surface area contributed by atoms with E-state index in [1.807, 2.05) is 37.3 Å². The first-order valence-electron chi connectivity index (χ1n) is 6.96. The van der Waals surface area contributed by atoms with Crippen LogP contribution in [0.15, 0.2) is 48.5 Å². The van der Waals surface area contributed by atoms with Gasteiger partial charge in [-0.3, -0.25) is 4.79 Å². The fraction of sp³-hybridized carbons (Fsp3) is 0.278. The van der Waals surface area contributed by atoms with E-state index in [0.29, 0.717) is 6.42 Å². The number of Topliss-reactive ketones (excluding diaryl/α,β-unsaturated/α-hetero) is 1. The standard InChI is InChI=1S/C18H17FO/c1-13-11-16(19)8-7-14(13)12-17(20)18(9-10-18)15-5-3-2-4-6-15/h2-8,11H,9-10,12H2,1H3. The molecule has 0 unspecified atom stereocenters. The maximum absolute atomic E-state index is 13.1. The van der Waals surface area contributed by atoms with Crippen molar-refractivity contribution in [3.63, 3.8) is 0 Å². The van der Waals surface area contributed by atoms with Crippen molar-refractivity contribution < 1.29 is 9.18 Å². The Morgan fingerprint density at radius 2 is 1.85 bits per heavy atom. The predicted molar refractivity (Wildman–Crippen MR) is 77.2 cm³/mol. The van der Waals surface area contributed by atoms with E-state index in [9.17, 15) is 9.18 Å². The second-order valence-electron chi connectivity index (χ2n) is 5.62. The SMILES string of the molecule is Cc1cc(F)ccc1CC(=O)C1(c2ccccc2)CC1. The van der Waals surface area contributed by atoms with E-state index in [2.05, 4.69) is 0 Å². The Balaban J connectivity index is 1.83. The molecule has 0 aromatic heterocycles. The van der Waals surface area contributed by atoms with E-state index >= 15 is 0 Å². The molecule has 0 bridgehead atoms. The van der Waals surface area contributed by atoms with E-state index in [1.54, 1.807) is 6.07 Å². The minimum Gasteiger partial charge on any atom is -0.298 e. The molecule has 2 aromatic rings. The molecular formula is C18H17FO. The molecule has 0 spiro atoms. The van der Waals surface area contributed by atoms with Gasteiger partial charge in [0, 0.05) is 6.42 Å². The summed E-state index contributed by atoms with van der Waals surface area (Å²) in [5.74, 6) is 0.00121. The number of aryl methyl sites for hydroxylation is 1. The fourth-order valence-electron chi connectivity index (χ4n) is 2.81. The summed E-state index contributed by atoms with van der Waals surface area (Å²) in [5.41, 5.74) is 2.60. The van der Waals surface area contributed by atoms with Crippen molar-refractivity contribution in [2.75, 3.05) is 0 Å². The molecule has 0 aliphatic heterocycles. The van der Waals surface area contributed by atoms with Gasteiger partial charge in [0.15, 0.2) is 0 Å². The number of rotatable bonds is 4. The maximum atomic E-state index is 13.1. The molecule has 0 N–H and O–H groups in total. The highest BCUT2D eigenvalue weighted by atomic mass is 19.1. The average Bonchev–Trinajstić information content (AvgIpc) is 3.24. The molecule has 2 heteroatoms. The van der Waals surface area contributed by atoms with Gasteiger partial charge in [0.25, 0.3) is 0 Å².